The molecule has 0 saturated heterocycles. The summed E-state index contributed by atoms with van der Waals surface area (Å²) < 4.78 is 56.8. The number of rotatable bonds is 4. The van der Waals surface area contributed by atoms with Crippen LogP contribution in [0.2, 0.25) is 0 Å². The number of methoxy groups -OCH3 is 2. The van der Waals surface area contributed by atoms with E-state index in [1.165, 1.54) is 26.4 Å². The molecule has 0 heterocycles. The highest BCUT2D eigenvalue weighted by atomic mass is 32.2. The topological polar surface area (TPSA) is 52.6 Å². The third kappa shape index (κ3) is 2.24. The lowest BCUT2D eigenvalue weighted by molar-refractivity contribution is 0.234. The Morgan fingerprint density at radius 1 is 1.19 bits per heavy atom. The molecule has 1 rings (SSSR count). The lowest BCUT2D eigenvalue weighted by Gasteiger charge is -2.10. The zero-order valence-corrected chi connectivity index (χ0v) is 9.42. The first-order valence-electron chi connectivity index (χ1n) is 4.17. The van der Waals surface area contributed by atoms with Gasteiger partial charge in [0.1, 0.15) is 16.4 Å². The summed E-state index contributed by atoms with van der Waals surface area (Å²) in [5.74, 6) is -3.46. The molecule has 7 heteroatoms. The van der Waals surface area contributed by atoms with Gasteiger partial charge in [-0.2, -0.15) is 8.78 Å². The summed E-state index contributed by atoms with van der Waals surface area (Å²) in [5.41, 5.74) is 0. The monoisotopic (exact) mass is 252 g/mol. The van der Waals surface area contributed by atoms with E-state index >= 15 is 0 Å². The Kier molecular flexibility index (Phi) is 3.69. The van der Waals surface area contributed by atoms with Gasteiger partial charge in [0.15, 0.2) is 0 Å². The molecular formula is C9H10F2O4S. The minimum absolute atomic E-state index is 0.138. The van der Waals surface area contributed by atoms with Gasteiger partial charge in [0.25, 0.3) is 0 Å². The van der Waals surface area contributed by atoms with E-state index in [1.54, 1.807) is 0 Å². The van der Waals surface area contributed by atoms with Crippen molar-refractivity contribution >= 4 is 9.84 Å². The molecule has 0 unspecified atom stereocenters. The third-order valence-electron chi connectivity index (χ3n) is 1.91. The molecule has 4 nitrogen and oxygen atoms in total. The molecule has 0 aliphatic heterocycles. The van der Waals surface area contributed by atoms with Gasteiger partial charge < -0.3 is 9.47 Å². The highest BCUT2D eigenvalue weighted by Gasteiger charge is 2.30. The second-order valence-corrected chi connectivity index (χ2v) is 4.71. The molecule has 0 radical (unpaired) electrons. The number of ether oxygens (including phenoxy) is 2. The Bertz CT molecular complexity index is 470. The Balaban J connectivity index is 3.41. The highest BCUT2D eigenvalue weighted by Crippen LogP contribution is 2.31. The molecule has 1 aromatic carbocycles. The van der Waals surface area contributed by atoms with E-state index in [9.17, 15) is 17.2 Å². The second-order valence-electron chi connectivity index (χ2n) is 2.82. The van der Waals surface area contributed by atoms with Gasteiger partial charge in [-0.15, -0.1) is 0 Å². The molecule has 0 fully saturated rings. The summed E-state index contributed by atoms with van der Waals surface area (Å²) in [5, 5.41) is 0. The molecule has 0 bridgehead atoms. The van der Waals surface area contributed by atoms with Crippen molar-refractivity contribution < 1.29 is 26.7 Å². The molecule has 0 saturated carbocycles. The predicted octanol–water partition coefficient (Wildman–Crippen LogP) is 1.70. The normalized spacial score (nSPS) is 11.6. The first-order chi connectivity index (χ1) is 7.43. The van der Waals surface area contributed by atoms with Crippen molar-refractivity contribution in [3.05, 3.63) is 18.2 Å². The van der Waals surface area contributed by atoms with Crippen LogP contribution in [0.25, 0.3) is 0 Å². The molecule has 0 amide bonds. The third-order valence-corrected chi connectivity index (χ3v) is 3.31. The molecule has 0 aliphatic rings. The number of alkyl halides is 2. The van der Waals surface area contributed by atoms with E-state index in [4.69, 9.17) is 9.47 Å². The van der Waals surface area contributed by atoms with Crippen LogP contribution < -0.4 is 9.47 Å². The minimum atomic E-state index is -4.69. The van der Waals surface area contributed by atoms with Crippen LogP contribution >= 0.6 is 0 Å². The number of benzene rings is 1. The van der Waals surface area contributed by atoms with Crippen molar-refractivity contribution in [3.63, 3.8) is 0 Å². The maximum atomic E-state index is 12.4. The SMILES string of the molecule is COc1ccc(OC)c(S(=O)(=O)C(F)F)c1. The summed E-state index contributed by atoms with van der Waals surface area (Å²) in [4.78, 5) is -0.579. The first kappa shape index (κ1) is 12.7. The zero-order valence-electron chi connectivity index (χ0n) is 8.61. The average Bonchev–Trinajstić information content (AvgIpc) is 2.27. The van der Waals surface area contributed by atoms with Crippen LogP contribution in [0.5, 0.6) is 11.5 Å². The van der Waals surface area contributed by atoms with Crippen LogP contribution in [0.15, 0.2) is 23.1 Å². The minimum Gasteiger partial charge on any atom is -0.497 e. The summed E-state index contributed by atoms with van der Waals surface area (Å²) in [6, 6.07) is 3.68. The van der Waals surface area contributed by atoms with Crippen molar-refractivity contribution in [3.8, 4) is 11.5 Å². The lowest BCUT2D eigenvalue weighted by atomic mass is 10.3. The van der Waals surface area contributed by atoms with E-state index in [0.29, 0.717) is 0 Å². The fraction of sp³-hybridized carbons (Fsp3) is 0.333. The smallest absolute Gasteiger partial charge is 0.341 e. The average molecular weight is 252 g/mol. The summed E-state index contributed by atoms with van der Waals surface area (Å²) >= 11 is 0. The summed E-state index contributed by atoms with van der Waals surface area (Å²) in [6.07, 6.45) is 0. The van der Waals surface area contributed by atoms with Crippen LogP contribution in [-0.2, 0) is 9.84 Å². The molecule has 1 aromatic rings. The molecule has 0 spiro atoms. The molecular weight excluding hydrogens is 242 g/mol. The largest absolute Gasteiger partial charge is 0.497 e. The molecule has 16 heavy (non-hydrogen) atoms. The second kappa shape index (κ2) is 4.65. The van der Waals surface area contributed by atoms with Gasteiger partial charge in [-0.25, -0.2) is 8.42 Å². The van der Waals surface area contributed by atoms with Gasteiger partial charge in [-0.05, 0) is 12.1 Å². The van der Waals surface area contributed by atoms with Crippen molar-refractivity contribution in [2.24, 2.45) is 0 Å². The standard InChI is InChI=1S/C9H10F2O4S/c1-14-6-3-4-7(15-2)8(5-6)16(12,13)9(10)11/h3-5,9H,1-2H3. The van der Waals surface area contributed by atoms with E-state index in [0.717, 1.165) is 6.07 Å². The van der Waals surface area contributed by atoms with E-state index < -0.39 is 20.5 Å². The molecule has 0 aliphatic carbocycles. The maximum absolute atomic E-state index is 12.4. The van der Waals surface area contributed by atoms with Crippen molar-refractivity contribution in [2.75, 3.05) is 14.2 Å². The van der Waals surface area contributed by atoms with E-state index in [-0.39, 0.29) is 11.5 Å². The summed E-state index contributed by atoms with van der Waals surface area (Å²) in [7, 11) is -2.18. The molecule has 0 atom stereocenters. The van der Waals surface area contributed by atoms with Crippen molar-refractivity contribution in [2.45, 2.75) is 10.7 Å². The van der Waals surface area contributed by atoms with Gasteiger partial charge >= 0.3 is 5.76 Å². The summed E-state index contributed by atoms with van der Waals surface area (Å²) in [6.45, 7) is 0. The van der Waals surface area contributed by atoms with Crippen LogP contribution in [0.3, 0.4) is 0 Å². The van der Waals surface area contributed by atoms with Gasteiger partial charge in [-0.3, -0.25) is 0 Å². The van der Waals surface area contributed by atoms with Gasteiger partial charge in [0.05, 0.1) is 14.2 Å². The number of hydrogen-bond acceptors (Lipinski definition) is 4. The lowest BCUT2D eigenvalue weighted by Crippen LogP contribution is -2.12. The quantitative estimate of drug-likeness (QED) is 0.818. The first-order valence-corrected chi connectivity index (χ1v) is 5.72. The number of halogens is 2. The Hall–Kier alpha value is -1.37. The van der Waals surface area contributed by atoms with Crippen LogP contribution in [0.1, 0.15) is 0 Å². The van der Waals surface area contributed by atoms with Crippen molar-refractivity contribution in [1.82, 2.24) is 0 Å². The zero-order chi connectivity index (χ0) is 12.3. The predicted molar refractivity (Wildman–Crippen MR) is 52.7 cm³/mol. The molecule has 90 valence electrons. The fourth-order valence-corrected chi connectivity index (χ4v) is 2.01. The van der Waals surface area contributed by atoms with Crippen LogP contribution in [0, 0.1) is 0 Å². The van der Waals surface area contributed by atoms with E-state index in [1.807, 2.05) is 0 Å². The van der Waals surface area contributed by atoms with Crippen LogP contribution in [0.4, 0.5) is 8.78 Å². The van der Waals surface area contributed by atoms with Crippen LogP contribution in [-0.4, -0.2) is 28.4 Å². The fourth-order valence-electron chi connectivity index (χ4n) is 1.10. The molecule has 0 aromatic heterocycles. The number of sulfone groups is 1. The van der Waals surface area contributed by atoms with Gasteiger partial charge in [0.2, 0.25) is 9.84 Å². The van der Waals surface area contributed by atoms with E-state index in [2.05, 4.69) is 0 Å². The van der Waals surface area contributed by atoms with Gasteiger partial charge in [-0.1, -0.05) is 0 Å². The maximum Gasteiger partial charge on any atom is 0.341 e. The molecule has 0 N–H and O–H groups in total. The van der Waals surface area contributed by atoms with Gasteiger partial charge in [0, 0.05) is 6.07 Å². The Morgan fingerprint density at radius 2 is 1.81 bits per heavy atom. The number of hydrogen-bond donors (Lipinski definition) is 0. The Labute approximate surface area is 91.7 Å². The van der Waals surface area contributed by atoms with Crippen molar-refractivity contribution in [1.29, 1.82) is 0 Å². The highest BCUT2D eigenvalue weighted by molar-refractivity contribution is 7.91. The Morgan fingerprint density at radius 3 is 2.25 bits per heavy atom.